The largest absolute Gasteiger partial charge is 0.354 e. The van der Waals surface area contributed by atoms with Gasteiger partial charge >= 0.3 is 0 Å². The first-order valence-corrected chi connectivity index (χ1v) is 7.01. The van der Waals surface area contributed by atoms with Crippen LogP contribution in [0.1, 0.15) is 5.56 Å². The molecule has 1 heterocycles. The fraction of sp³-hybridized carbons (Fsp3) is 0.214. The van der Waals surface area contributed by atoms with Crippen LogP contribution in [-0.2, 0) is 16.0 Å². The molecule has 1 atom stereocenters. The number of amides is 2. The van der Waals surface area contributed by atoms with E-state index in [0.29, 0.717) is 6.42 Å². The van der Waals surface area contributed by atoms with Crippen LogP contribution in [0.2, 0.25) is 0 Å². The Hall–Kier alpha value is -2.33. The average Bonchev–Trinajstić information content (AvgIpc) is 2.83. The Morgan fingerprint density at radius 1 is 1.48 bits per heavy atom. The molecule has 1 fully saturated rings. The number of thioether (sulfide) groups is 1. The van der Waals surface area contributed by atoms with Gasteiger partial charge in [0.15, 0.2) is 0 Å². The predicted molar refractivity (Wildman–Crippen MR) is 76.3 cm³/mol. The highest BCUT2D eigenvalue weighted by Gasteiger charge is 2.32. The Balaban J connectivity index is 2.16. The number of likely N-dealkylation sites (N-methyl/N-ethyl adjacent to an activating group) is 1. The lowest BCUT2D eigenvalue weighted by atomic mass is 10.1. The van der Waals surface area contributed by atoms with Crippen molar-refractivity contribution in [2.45, 2.75) is 11.7 Å². The van der Waals surface area contributed by atoms with E-state index in [1.54, 1.807) is 18.2 Å². The van der Waals surface area contributed by atoms with E-state index in [9.17, 15) is 14.0 Å². The van der Waals surface area contributed by atoms with Crippen LogP contribution in [0, 0.1) is 17.1 Å². The summed E-state index contributed by atoms with van der Waals surface area (Å²) >= 11 is 1.14. The highest BCUT2D eigenvalue weighted by atomic mass is 32.2. The molecule has 7 heteroatoms. The first-order chi connectivity index (χ1) is 10.0. The molecule has 0 aliphatic carbocycles. The third-order valence-corrected chi connectivity index (χ3v) is 4.12. The van der Waals surface area contributed by atoms with Crippen molar-refractivity contribution in [1.29, 1.82) is 5.26 Å². The maximum Gasteiger partial charge on any atom is 0.264 e. The summed E-state index contributed by atoms with van der Waals surface area (Å²) in [6, 6.07) is 7.66. The molecule has 1 aliphatic rings. The monoisotopic (exact) mass is 305 g/mol. The van der Waals surface area contributed by atoms with Crippen molar-refractivity contribution in [1.82, 2.24) is 10.6 Å². The van der Waals surface area contributed by atoms with E-state index in [1.165, 1.54) is 19.2 Å². The Kier molecular flexibility index (Phi) is 4.60. The third kappa shape index (κ3) is 3.41. The number of nitrogens with one attached hydrogen (secondary N) is 2. The summed E-state index contributed by atoms with van der Waals surface area (Å²) in [5.74, 6) is -1.15. The summed E-state index contributed by atoms with van der Waals surface area (Å²) in [4.78, 5) is 23.4. The number of rotatable bonds is 3. The zero-order chi connectivity index (χ0) is 15.4. The highest BCUT2D eigenvalue weighted by molar-refractivity contribution is 8.04. The zero-order valence-electron chi connectivity index (χ0n) is 11.1. The third-order valence-electron chi connectivity index (χ3n) is 2.92. The zero-order valence-corrected chi connectivity index (χ0v) is 12.0. The van der Waals surface area contributed by atoms with E-state index in [-0.39, 0.29) is 22.3 Å². The van der Waals surface area contributed by atoms with Gasteiger partial charge in [0.2, 0.25) is 5.91 Å². The number of nitrogens with zero attached hydrogens (tertiary/aromatic N) is 1. The molecule has 0 unspecified atom stereocenters. The van der Waals surface area contributed by atoms with Crippen LogP contribution in [0.15, 0.2) is 34.9 Å². The summed E-state index contributed by atoms with van der Waals surface area (Å²) < 4.78 is 12.8. The van der Waals surface area contributed by atoms with Crippen LogP contribution in [0.3, 0.4) is 0 Å². The van der Waals surface area contributed by atoms with Crippen LogP contribution in [0.4, 0.5) is 4.39 Å². The van der Waals surface area contributed by atoms with Gasteiger partial charge < -0.3 is 10.6 Å². The molecule has 0 spiro atoms. The Labute approximate surface area is 125 Å². The van der Waals surface area contributed by atoms with Gasteiger partial charge in [-0.15, -0.1) is 0 Å². The Morgan fingerprint density at radius 3 is 2.71 bits per heavy atom. The quantitative estimate of drug-likeness (QED) is 0.647. The van der Waals surface area contributed by atoms with Gasteiger partial charge in [-0.05, 0) is 24.1 Å². The van der Waals surface area contributed by atoms with Gasteiger partial charge in [-0.3, -0.25) is 9.59 Å². The minimum atomic E-state index is -0.539. The minimum absolute atomic E-state index is 0.113. The van der Waals surface area contributed by atoms with E-state index >= 15 is 0 Å². The van der Waals surface area contributed by atoms with Gasteiger partial charge in [0.1, 0.15) is 17.5 Å². The molecular formula is C14H12FN3O2S. The molecule has 0 saturated carbocycles. The van der Waals surface area contributed by atoms with E-state index in [4.69, 9.17) is 5.26 Å². The summed E-state index contributed by atoms with van der Waals surface area (Å²) in [5, 5.41) is 13.7. The van der Waals surface area contributed by atoms with Crippen molar-refractivity contribution >= 4 is 23.6 Å². The summed E-state index contributed by atoms with van der Waals surface area (Å²) in [6.07, 6.45) is 0.396. The number of hydrogen-bond acceptors (Lipinski definition) is 4. The second-order valence-corrected chi connectivity index (χ2v) is 5.53. The van der Waals surface area contributed by atoms with Gasteiger partial charge in [0.05, 0.1) is 10.3 Å². The lowest BCUT2D eigenvalue weighted by Gasteiger charge is -2.05. The molecule has 2 amide bonds. The topological polar surface area (TPSA) is 82.0 Å². The Bertz CT molecular complexity index is 649. The molecule has 2 rings (SSSR count). The standard InChI is InChI=1S/C14H12FN3O2S/c1-17-12(19)10(7-16)14-18-13(20)11(21-14)6-8-2-4-9(15)5-3-8/h2-5,11H,6H2,1H3,(H,17,19)(H,18,20)/b14-10-/t11-/m0/s1. The van der Waals surface area contributed by atoms with Gasteiger partial charge in [0.25, 0.3) is 5.91 Å². The summed E-state index contributed by atoms with van der Waals surface area (Å²) in [6.45, 7) is 0. The van der Waals surface area contributed by atoms with Gasteiger partial charge in [-0.25, -0.2) is 4.39 Å². The molecular weight excluding hydrogens is 293 g/mol. The minimum Gasteiger partial charge on any atom is -0.354 e. The molecule has 1 saturated heterocycles. The maximum atomic E-state index is 12.8. The molecule has 5 nitrogen and oxygen atoms in total. The van der Waals surface area contributed by atoms with Gasteiger partial charge in [-0.1, -0.05) is 23.9 Å². The highest BCUT2D eigenvalue weighted by Crippen LogP contribution is 2.31. The van der Waals surface area contributed by atoms with Gasteiger partial charge in [0, 0.05) is 7.05 Å². The molecule has 1 aromatic carbocycles. The second-order valence-electron chi connectivity index (χ2n) is 4.32. The second kappa shape index (κ2) is 6.41. The van der Waals surface area contributed by atoms with Crippen LogP contribution in [-0.4, -0.2) is 24.1 Å². The summed E-state index contributed by atoms with van der Waals surface area (Å²) in [7, 11) is 1.41. The van der Waals surface area contributed by atoms with Crippen molar-refractivity contribution in [3.8, 4) is 6.07 Å². The molecule has 0 aromatic heterocycles. The number of nitriles is 1. The lowest BCUT2D eigenvalue weighted by Crippen LogP contribution is -2.26. The first-order valence-electron chi connectivity index (χ1n) is 6.13. The molecule has 21 heavy (non-hydrogen) atoms. The SMILES string of the molecule is CNC(=O)/C(C#N)=C1/NC(=O)[C@H](Cc2ccc(F)cc2)S1. The molecule has 0 bridgehead atoms. The average molecular weight is 305 g/mol. The van der Waals surface area contributed by atoms with Crippen LogP contribution in [0.25, 0.3) is 0 Å². The van der Waals surface area contributed by atoms with Crippen LogP contribution < -0.4 is 10.6 Å². The number of halogens is 1. The van der Waals surface area contributed by atoms with E-state index in [2.05, 4.69) is 10.6 Å². The smallest absolute Gasteiger partial charge is 0.264 e. The normalized spacial score (nSPS) is 19.7. The van der Waals surface area contributed by atoms with Gasteiger partial charge in [-0.2, -0.15) is 5.26 Å². The number of hydrogen-bond donors (Lipinski definition) is 2. The molecule has 2 N–H and O–H groups in total. The van der Waals surface area contributed by atoms with Crippen molar-refractivity contribution in [3.05, 3.63) is 46.2 Å². The molecule has 1 aliphatic heterocycles. The fourth-order valence-electron chi connectivity index (χ4n) is 1.84. The van der Waals surface area contributed by atoms with E-state index in [0.717, 1.165) is 17.3 Å². The van der Waals surface area contributed by atoms with Crippen molar-refractivity contribution in [2.75, 3.05) is 7.05 Å². The maximum absolute atomic E-state index is 12.8. The van der Waals surface area contributed by atoms with E-state index in [1.807, 2.05) is 0 Å². The Morgan fingerprint density at radius 2 is 2.14 bits per heavy atom. The predicted octanol–water partition coefficient (Wildman–Crippen LogP) is 1.08. The molecule has 1 aromatic rings. The van der Waals surface area contributed by atoms with Crippen molar-refractivity contribution in [2.24, 2.45) is 0 Å². The summed E-state index contributed by atoms with van der Waals surface area (Å²) in [5.41, 5.74) is 0.696. The number of carbonyl (C=O) groups excluding carboxylic acids is 2. The van der Waals surface area contributed by atoms with Crippen LogP contribution >= 0.6 is 11.8 Å². The van der Waals surface area contributed by atoms with Crippen molar-refractivity contribution in [3.63, 3.8) is 0 Å². The lowest BCUT2D eigenvalue weighted by molar-refractivity contribution is -0.119. The number of benzene rings is 1. The van der Waals surface area contributed by atoms with E-state index < -0.39 is 11.2 Å². The first kappa shape index (κ1) is 15.1. The molecule has 0 radical (unpaired) electrons. The number of carbonyl (C=O) groups is 2. The van der Waals surface area contributed by atoms with Crippen LogP contribution in [0.5, 0.6) is 0 Å². The fourth-order valence-corrected chi connectivity index (χ4v) is 2.98. The molecule has 108 valence electrons. The van der Waals surface area contributed by atoms with Crippen molar-refractivity contribution < 1.29 is 14.0 Å².